The first-order chi connectivity index (χ1) is 6.27. The van der Waals surface area contributed by atoms with Gasteiger partial charge in [0.25, 0.3) is 0 Å². The summed E-state index contributed by atoms with van der Waals surface area (Å²) in [4.78, 5) is 5.81. The largest absolute Gasteiger partial charge is 0.309 e. The van der Waals surface area contributed by atoms with Gasteiger partial charge in [-0.1, -0.05) is 24.3 Å². The first kappa shape index (κ1) is 9.52. The van der Waals surface area contributed by atoms with Crippen LogP contribution in [0, 0.1) is 6.92 Å². The highest BCUT2D eigenvalue weighted by atomic mass is 15.1. The zero-order valence-corrected chi connectivity index (χ0v) is 8.07. The lowest BCUT2D eigenvalue weighted by atomic mass is 10.2. The summed E-state index contributed by atoms with van der Waals surface area (Å²) < 4.78 is 0. The van der Waals surface area contributed by atoms with Crippen molar-refractivity contribution in [2.75, 3.05) is 11.9 Å². The minimum atomic E-state index is 1.08. The Hall–Kier alpha value is -1.57. The average molecular weight is 174 g/mol. The highest BCUT2D eigenvalue weighted by molar-refractivity contribution is 5.81. The van der Waals surface area contributed by atoms with E-state index >= 15 is 0 Å². The maximum absolute atomic E-state index is 3.94. The predicted molar refractivity (Wildman–Crippen MR) is 58.3 cm³/mol. The lowest BCUT2D eigenvalue weighted by molar-refractivity contribution is 1.33. The highest BCUT2D eigenvalue weighted by Crippen LogP contribution is 2.13. The van der Waals surface area contributed by atoms with E-state index in [0.717, 1.165) is 5.69 Å². The summed E-state index contributed by atoms with van der Waals surface area (Å²) in [5.41, 5.74) is 2.33. The average Bonchev–Trinajstić information content (AvgIpc) is 2.16. The molecule has 1 aromatic rings. The van der Waals surface area contributed by atoms with Gasteiger partial charge in [0.05, 0.1) is 6.34 Å². The smallest absolute Gasteiger partial charge is 0.0931 e. The Bertz CT molecular complexity index is 298. The summed E-state index contributed by atoms with van der Waals surface area (Å²) in [6.45, 7) is 5.78. The van der Waals surface area contributed by atoms with Gasteiger partial charge in [0.15, 0.2) is 0 Å². The van der Waals surface area contributed by atoms with E-state index in [2.05, 4.69) is 30.6 Å². The second-order valence-corrected chi connectivity index (χ2v) is 2.80. The van der Waals surface area contributed by atoms with Crippen LogP contribution >= 0.6 is 0 Å². The van der Waals surface area contributed by atoms with Gasteiger partial charge in [-0.15, -0.1) is 0 Å². The third kappa shape index (κ3) is 2.44. The van der Waals surface area contributed by atoms with Crippen molar-refractivity contribution in [3.8, 4) is 0 Å². The van der Waals surface area contributed by atoms with Crippen LogP contribution in [0.2, 0.25) is 0 Å². The summed E-state index contributed by atoms with van der Waals surface area (Å²) in [5.74, 6) is 0. The van der Waals surface area contributed by atoms with Gasteiger partial charge in [-0.3, -0.25) is 4.99 Å². The van der Waals surface area contributed by atoms with Gasteiger partial charge < -0.3 is 4.90 Å². The zero-order chi connectivity index (χ0) is 9.68. The van der Waals surface area contributed by atoms with E-state index in [1.165, 1.54) is 5.56 Å². The number of rotatable bonds is 3. The SMILES string of the molecule is C=CN(C=NC)c1ccc(C)cc1. The lowest BCUT2D eigenvalue weighted by Gasteiger charge is -2.13. The number of aliphatic imine (C=N–C) groups is 1. The van der Waals surface area contributed by atoms with Crippen molar-refractivity contribution in [3.63, 3.8) is 0 Å². The Morgan fingerprint density at radius 3 is 2.38 bits per heavy atom. The molecule has 0 unspecified atom stereocenters. The molecule has 1 rings (SSSR count). The summed E-state index contributed by atoms with van der Waals surface area (Å²) in [6.07, 6.45) is 3.47. The van der Waals surface area contributed by atoms with Crippen molar-refractivity contribution in [1.82, 2.24) is 0 Å². The van der Waals surface area contributed by atoms with Crippen molar-refractivity contribution in [2.45, 2.75) is 6.92 Å². The van der Waals surface area contributed by atoms with Crippen LogP contribution in [0.3, 0.4) is 0 Å². The van der Waals surface area contributed by atoms with Crippen molar-refractivity contribution in [3.05, 3.63) is 42.6 Å². The maximum Gasteiger partial charge on any atom is 0.0931 e. The number of anilines is 1. The van der Waals surface area contributed by atoms with Gasteiger partial charge >= 0.3 is 0 Å². The Balaban J connectivity index is 2.91. The Morgan fingerprint density at radius 1 is 1.31 bits per heavy atom. The summed E-state index contributed by atoms with van der Waals surface area (Å²) in [6, 6.07) is 8.21. The highest BCUT2D eigenvalue weighted by Gasteiger charge is 1.96. The van der Waals surface area contributed by atoms with Gasteiger partial charge in [0.1, 0.15) is 0 Å². The molecule has 0 spiro atoms. The van der Waals surface area contributed by atoms with Gasteiger partial charge in [-0.05, 0) is 19.1 Å². The molecule has 0 saturated heterocycles. The van der Waals surface area contributed by atoms with Crippen molar-refractivity contribution in [1.29, 1.82) is 0 Å². The standard InChI is InChI=1S/C11H14N2/c1-4-13(9-12-3)11-7-5-10(2)6-8-11/h4-9H,1H2,2-3H3. The molecule has 0 N–H and O–H groups in total. The molecule has 0 aliphatic rings. The predicted octanol–water partition coefficient (Wildman–Crippen LogP) is 2.60. The van der Waals surface area contributed by atoms with Gasteiger partial charge in [0.2, 0.25) is 0 Å². The molecule has 0 aromatic heterocycles. The molecular formula is C11H14N2. The summed E-state index contributed by atoms with van der Waals surface area (Å²) in [7, 11) is 1.74. The fourth-order valence-corrected chi connectivity index (χ4v) is 1.06. The molecule has 0 aliphatic carbocycles. The molecule has 0 aliphatic heterocycles. The minimum absolute atomic E-state index is 1.08. The third-order valence-corrected chi connectivity index (χ3v) is 1.77. The van der Waals surface area contributed by atoms with Crippen LogP contribution in [-0.2, 0) is 0 Å². The van der Waals surface area contributed by atoms with Crippen LogP contribution in [-0.4, -0.2) is 13.4 Å². The molecule has 0 saturated carbocycles. The number of nitrogens with zero attached hydrogens (tertiary/aromatic N) is 2. The molecule has 0 bridgehead atoms. The van der Waals surface area contributed by atoms with E-state index in [1.807, 2.05) is 17.0 Å². The quantitative estimate of drug-likeness (QED) is 0.508. The van der Waals surface area contributed by atoms with Crippen molar-refractivity contribution >= 4 is 12.0 Å². The number of hydrogen-bond donors (Lipinski definition) is 0. The number of aryl methyl sites for hydroxylation is 1. The Morgan fingerprint density at radius 2 is 1.92 bits per heavy atom. The fourth-order valence-electron chi connectivity index (χ4n) is 1.06. The second kappa shape index (κ2) is 4.45. The van der Waals surface area contributed by atoms with E-state index in [1.54, 1.807) is 19.6 Å². The summed E-state index contributed by atoms with van der Waals surface area (Å²) in [5, 5.41) is 0. The number of hydrogen-bond acceptors (Lipinski definition) is 1. The Labute approximate surface area is 79.2 Å². The molecule has 0 atom stereocenters. The van der Waals surface area contributed by atoms with E-state index in [-0.39, 0.29) is 0 Å². The minimum Gasteiger partial charge on any atom is -0.309 e. The van der Waals surface area contributed by atoms with E-state index < -0.39 is 0 Å². The zero-order valence-electron chi connectivity index (χ0n) is 8.07. The summed E-state index contributed by atoms with van der Waals surface area (Å²) >= 11 is 0. The molecule has 13 heavy (non-hydrogen) atoms. The monoisotopic (exact) mass is 174 g/mol. The molecule has 0 heterocycles. The molecule has 1 aromatic carbocycles. The fraction of sp³-hybridized carbons (Fsp3) is 0.182. The van der Waals surface area contributed by atoms with Gasteiger partial charge in [0, 0.05) is 18.9 Å². The molecular weight excluding hydrogens is 160 g/mol. The van der Waals surface area contributed by atoms with E-state index in [4.69, 9.17) is 0 Å². The van der Waals surface area contributed by atoms with Crippen molar-refractivity contribution in [2.24, 2.45) is 4.99 Å². The Kier molecular flexibility index (Phi) is 3.26. The van der Waals surface area contributed by atoms with Crippen LogP contribution < -0.4 is 4.90 Å². The van der Waals surface area contributed by atoms with Crippen molar-refractivity contribution < 1.29 is 0 Å². The van der Waals surface area contributed by atoms with Crippen LogP contribution in [0.15, 0.2) is 42.0 Å². The molecule has 2 heteroatoms. The molecule has 0 fully saturated rings. The molecule has 2 nitrogen and oxygen atoms in total. The van der Waals surface area contributed by atoms with Crippen LogP contribution in [0.4, 0.5) is 5.69 Å². The van der Waals surface area contributed by atoms with E-state index in [9.17, 15) is 0 Å². The third-order valence-electron chi connectivity index (χ3n) is 1.77. The maximum atomic E-state index is 3.94. The first-order valence-corrected chi connectivity index (χ1v) is 4.18. The second-order valence-electron chi connectivity index (χ2n) is 2.80. The van der Waals surface area contributed by atoms with Crippen LogP contribution in [0.25, 0.3) is 0 Å². The first-order valence-electron chi connectivity index (χ1n) is 4.18. The van der Waals surface area contributed by atoms with Crippen LogP contribution in [0.5, 0.6) is 0 Å². The van der Waals surface area contributed by atoms with E-state index in [0.29, 0.717) is 0 Å². The normalized spacial score (nSPS) is 10.3. The molecule has 0 radical (unpaired) electrons. The molecule has 0 amide bonds. The van der Waals surface area contributed by atoms with Crippen LogP contribution in [0.1, 0.15) is 5.56 Å². The van der Waals surface area contributed by atoms with Gasteiger partial charge in [-0.2, -0.15) is 0 Å². The molecule has 68 valence electrons. The topological polar surface area (TPSA) is 15.6 Å². The lowest BCUT2D eigenvalue weighted by Crippen LogP contribution is -2.11. The number of benzene rings is 1. The van der Waals surface area contributed by atoms with Gasteiger partial charge in [-0.25, -0.2) is 0 Å².